The maximum absolute atomic E-state index is 12.0. The van der Waals surface area contributed by atoms with Gasteiger partial charge in [-0.2, -0.15) is 0 Å². The van der Waals surface area contributed by atoms with Crippen molar-refractivity contribution in [1.82, 2.24) is 9.79 Å². The van der Waals surface area contributed by atoms with Gasteiger partial charge in [-0.3, -0.25) is 0 Å². The minimum absolute atomic E-state index is 0.162. The molecule has 0 amide bonds. The lowest BCUT2D eigenvalue weighted by atomic mass is 9.79. The molecule has 1 aliphatic rings. The molecule has 0 bridgehead atoms. The number of hydrogen-bond acceptors (Lipinski definition) is 4. The van der Waals surface area contributed by atoms with E-state index in [4.69, 9.17) is 0 Å². The van der Waals surface area contributed by atoms with E-state index in [2.05, 4.69) is 4.72 Å². The highest BCUT2D eigenvalue weighted by Crippen LogP contribution is 2.37. The minimum Gasteiger partial charge on any atom is -0.784 e. The fourth-order valence-corrected chi connectivity index (χ4v) is 3.42. The van der Waals surface area contributed by atoms with Gasteiger partial charge in [0.1, 0.15) is 0 Å². The molecule has 0 aromatic carbocycles. The predicted molar refractivity (Wildman–Crippen MR) is 64.4 cm³/mol. The summed E-state index contributed by atoms with van der Waals surface area (Å²) in [6.45, 7) is 7.38. The Bertz CT molecular complexity index is 344. The molecule has 0 saturated carbocycles. The fourth-order valence-electron chi connectivity index (χ4n) is 2.65. The molecule has 1 aliphatic heterocycles. The second-order valence-electron chi connectivity index (χ2n) is 5.91. The Morgan fingerprint density at radius 2 is 1.56 bits per heavy atom. The summed E-state index contributed by atoms with van der Waals surface area (Å²) in [6.07, 6.45) is 2.22. The van der Waals surface area contributed by atoms with Crippen molar-refractivity contribution in [2.75, 3.05) is 6.26 Å². The van der Waals surface area contributed by atoms with Crippen molar-refractivity contribution >= 4 is 10.0 Å². The van der Waals surface area contributed by atoms with Gasteiger partial charge in [0.05, 0.1) is 6.26 Å². The van der Waals surface area contributed by atoms with Crippen LogP contribution in [0.25, 0.3) is 0 Å². The van der Waals surface area contributed by atoms with E-state index in [0.717, 1.165) is 11.3 Å². The van der Waals surface area contributed by atoms with Crippen molar-refractivity contribution < 1.29 is 8.42 Å². The zero-order valence-corrected chi connectivity index (χ0v) is 11.4. The Hall–Kier alpha value is -0.170. The van der Waals surface area contributed by atoms with E-state index in [1.54, 1.807) is 0 Å². The lowest BCUT2D eigenvalue weighted by Gasteiger charge is -2.59. The van der Waals surface area contributed by atoms with Gasteiger partial charge < -0.3 is 10.3 Å². The average Bonchev–Trinajstić information content (AvgIpc) is 1.95. The molecule has 0 atom stereocenters. The molecule has 0 aliphatic carbocycles. The molecule has 0 radical (unpaired) electrons. The van der Waals surface area contributed by atoms with Crippen LogP contribution in [0.5, 0.6) is 0 Å². The normalized spacial score (nSPS) is 26.9. The number of hydroxylamine groups is 2. The number of piperidine rings is 1. The Morgan fingerprint density at radius 1 is 1.19 bits per heavy atom. The first-order chi connectivity index (χ1) is 6.94. The summed E-state index contributed by atoms with van der Waals surface area (Å²) < 4.78 is 25.0. The van der Waals surface area contributed by atoms with Gasteiger partial charge in [0.2, 0.25) is 10.0 Å². The lowest BCUT2D eigenvalue weighted by molar-refractivity contribution is 0.00622. The van der Waals surface area contributed by atoms with Crippen molar-refractivity contribution in [2.24, 2.45) is 0 Å². The highest BCUT2D eigenvalue weighted by molar-refractivity contribution is 7.88. The molecule has 0 aromatic heterocycles. The van der Waals surface area contributed by atoms with Crippen LogP contribution in [-0.2, 0) is 10.0 Å². The van der Waals surface area contributed by atoms with Crippen LogP contribution in [0.15, 0.2) is 0 Å². The van der Waals surface area contributed by atoms with E-state index in [0.29, 0.717) is 12.8 Å². The van der Waals surface area contributed by atoms with Gasteiger partial charge in [0, 0.05) is 17.1 Å². The predicted octanol–water partition coefficient (Wildman–Crippen LogP) is 1.05. The minimum atomic E-state index is -3.21. The van der Waals surface area contributed by atoms with Gasteiger partial charge in [0.25, 0.3) is 0 Å². The van der Waals surface area contributed by atoms with Gasteiger partial charge in [-0.1, -0.05) is 0 Å². The molecule has 0 unspecified atom stereocenters. The third-order valence-corrected chi connectivity index (χ3v) is 3.73. The van der Waals surface area contributed by atoms with Gasteiger partial charge in [-0.25, -0.2) is 13.1 Å². The van der Waals surface area contributed by atoms with Crippen LogP contribution < -0.4 is 4.72 Å². The number of nitrogens with one attached hydrogen (secondary N) is 1. The monoisotopic (exact) mass is 249 g/mol. The summed E-state index contributed by atoms with van der Waals surface area (Å²) in [5.74, 6) is 0. The second kappa shape index (κ2) is 3.94. The quantitative estimate of drug-likeness (QED) is 0.794. The van der Waals surface area contributed by atoms with Gasteiger partial charge >= 0.3 is 0 Å². The summed E-state index contributed by atoms with van der Waals surface area (Å²) in [4.78, 5) is 0. The first kappa shape index (κ1) is 13.9. The topological polar surface area (TPSA) is 72.5 Å². The maximum atomic E-state index is 12.0. The Morgan fingerprint density at radius 3 is 1.88 bits per heavy atom. The molecule has 16 heavy (non-hydrogen) atoms. The van der Waals surface area contributed by atoms with E-state index in [1.807, 2.05) is 27.7 Å². The van der Waals surface area contributed by atoms with E-state index in [9.17, 15) is 13.6 Å². The number of rotatable bonds is 2. The summed E-state index contributed by atoms with van der Waals surface area (Å²) in [7, 11) is -3.21. The first-order valence-corrected chi connectivity index (χ1v) is 7.28. The molecule has 1 N–H and O–H groups in total. The highest BCUT2D eigenvalue weighted by atomic mass is 32.2. The zero-order chi connectivity index (χ0) is 12.8. The summed E-state index contributed by atoms with van der Waals surface area (Å²) in [5, 5.41) is 13.1. The summed E-state index contributed by atoms with van der Waals surface area (Å²) >= 11 is 0. The van der Waals surface area contributed by atoms with Crippen LogP contribution in [0.2, 0.25) is 0 Å². The first-order valence-electron chi connectivity index (χ1n) is 5.39. The molecule has 1 saturated heterocycles. The molecule has 0 spiro atoms. The van der Waals surface area contributed by atoms with Gasteiger partial charge in [0.15, 0.2) is 0 Å². The molecule has 5 nitrogen and oxygen atoms in total. The Balaban J connectivity index is 2.87. The summed E-state index contributed by atoms with van der Waals surface area (Å²) in [6, 6.07) is -0.162. The second-order valence-corrected chi connectivity index (χ2v) is 7.69. The van der Waals surface area contributed by atoms with E-state index < -0.39 is 21.1 Å². The zero-order valence-electron chi connectivity index (χ0n) is 10.6. The van der Waals surface area contributed by atoms with Crippen LogP contribution in [0.1, 0.15) is 40.5 Å². The highest BCUT2D eigenvalue weighted by Gasteiger charge is 2.40. The van der Waals surface area contributed by atoms with Crippen LogP contribution in [0.3, 0.4) is 0 Å². The average molecular weight is 249 g/mol. The Labute approximate surface area is 97.8 Å². The van der Waals surface area contributed by atoms with Crippen molar-refractivity contribution in [3.63, 3.8) is 0 Å². The van der Waals surface area contributed by atoms with Crippen molar-refractivity contribution in [2.45, 2.75) is 57.7 Å². The van der Waals surface area contributed by atoms with Crippen LogP contribution in [0.4, 0.5) is 0 Å². The molecule has 1 fully saturated rings. The SMILES string of the molecule is CC1(C)CC(NS(C)(=O)=O)CC(C)(C)N1[O-]. The molecule has 6 heteroatoms. The van der Waals surface area contributed by atoms with Crippen LogP contribution in [0, 0.1) is 5.21 Å². The Kier molecular flexibility index (Phi) is 3.42. The van der Waals surface area contributed by atoms with Crippen molar-refractivity contribution in [3.05, 3.63) is 5.21 Å². The molecular formula is C10H21N2O3S-. The summed E-state index contributed by atoms with van der Waals surface area (Å²) in [5.41, 5.74) is -1.08. The largest absolute Gasteiger partial charge is 0.784 e. The number of sulfonamides is 1. The lowest BCUT2D eigenvalue weighted by Crippen LogP contribution is -2.61. The molecular weight excluding hydrogens is 228 g/mol. The van der Waals surface area contributed by atoms with Crippen molar-refractivity contribution in [3.8, 4) is 0 Å². The maximum Gasteiger partial charge on any atom is 0.208 e. The molecule has 1 heterocycles. The molecule has 0 aromatic rings. The van der Waals surface area contributed by atoms with E-state index in [-0.39, 0.29) is 6.04 Å². The third-order valence-electron chi connectivity index (χ3n) is 2.97. The van der Waals surface area contributed by atoms with E-state index >= 15 is 0 Å². The van der Waals surface area contributed by atoms with E-state index in [1.165, 1.54) is 0 Å². The third kappa shape index (κ3) is 3.16. The standard InChI is InChI=1S/C10H21N2O3S/c1-9(2)6-8(11-16(5,14)15)7-10(3,4)12(9)13/h8,11H,6-7H2,1-5H3/q-1. The van der Waals surface area contributed by atoms with Gasteiger partial charge in [-0.05, 0) is 40.5 Å². The number of hydrogen-bond donors (Lipinski definition) is 1. The molecule has 96 valence electrons. The number of nitrogens with zero attached hydrogens (tertiary/aromatic N) is 1. The van der Waals surface area contributed by atoms with Gasteiger partial charge in [-0.15, -0.1) is 0 Å². The fraction of sp³-hybridized carbons (Fsp3) is 1.00. The van der Waals surface area contributed by atoms with Crippen molar-refractivity contribution in [1.29, 1.82) is 0 Å². The smallest absolute Gasteiger partial charge is 0.208 e. The van der Waals surface area contributed by atoms with Crippen LogP contribution >= 0.6 is 0 Å². The molecule has 1 rings (SSSR count). The van der Waals surface area contributed by atoms with Crippen LogP contribution in [-0.4, -0.2) is 36.9 Å².